The Kier molecular flexibility index (Phi) is 5.21. The van der Waals surface area contributed by atoms with Crippen molar-refractivity contribution in [3.05, 3.63) is 36.4 Å². The predicted octanol–water partition coefficient (Wildman–Crippen LogP) is 2.82. The van der Waals surface area contributed by atoms with E-state index in [0.29, 0.717) is 24.8 Å². The second kappa shape index (κ2) is 7.55. The first-order valence-electron chi connectivity index (χ1n) is 8.77. The smallest absolute Gasteiger partial charge is 0.315 e. The minimum Gasteiger partial charge on any atom is -0.467 e. The summed E-state index contributed by atoms with van der Waals surface area (Å²) in [5.41, 5.74) is 0. The van der Waals surface area contributed by atoms with E-state index in [1.54, 1.807) is 34.2 Å². The lowest BCUT2D eigenvalue weighted by Gasteiger charge is -2.36. The van der Waals surface area contributed by atoms with E-state index < -0.39 is 11.8 Å². The molecule has 0 spiro atoms. The number of nitrogens with zero attached hydrogens (tertiary/aromatic N) is 3. The zero-order valence-electron chi connectivity index (χ0n) is 14.6. The highest BCUT2D eigenvalue weighted by atomic mass is 16.3. The molecule has 2 amide bonds. The van der Waals surface area contributed by atoms with Crippen molar-refractivity contribution in [1.29, 1.82) is 0 Å². The van der Waals surface area contributed by atoms with Gasteiger partial charge in [0, 0.05) is 19.2 Å². The van der Waals surface area contributed by atoms with Crippen LogP contribution in [0.25, 0.3) is 0 Å². The van der Waals surface area contributed by atoms with Crippen LogP contribution in [0.5, 0.6) is 0 Å². The summed E-state index contributed by atoms with van der Waals surface area (Å²) in [5, 5.41) is 6.85. The molecule has 0 bridgehead atoms. The Morgan fingerprint density at radius 3 is 2.96 bits per heavy atom. The van der Waals surface area contributed by atoms with Crippen molar-refractivity contribution in [2.45, 2.75) is 45.7 Å². The summed E-state index contributed by atoms with van der Waals surface area (Å²) in [6.07, 6.45) is 5.78. The fraction of sp³-hybridized carbons (Fsp3) is 0.500. The molecule has 1 aliphatic rings. The molecule has 0 radical (unpaired) electrons. The summed E-state index contributed by atoms with van der Waals surface area (Å²) in [6, 6.07) is 5.17. The molecule has 0 aromatic carbocycles. The molecule has 1 saturated heterocycles. The van der Waals surface area contributed by atoms with Crippen molar-refractivity contribution in [2.24, 2.45) is 5.92 Å². The molecule has 2 aromatic heterocycles. The van der Waals surface area contributed by atoms with Crippen molar-refractivity contribution >= 4 is 17.6 Å². The number of carbonyl (C=O) groups is 2. The van der Waals surface area contributed by atoms with Gasteiger partial charge in [-0.3, -0.25) is 9.59 Å². The highest BCUT2D eigenvalue weighted by Crippen LogP contribution is 2.34. The summed E-state index contributed by atoms with van der Waals surface area (Å²) in [4.78, 5) is 26.9. The van der Waals surface area contributed by atoms with Crippen LogP contribution in [-0.2, 0) is 16.1 Å². The zero-order valence-corrected chi connectivity index (χ0v) is 14.6. The SMILES string of the molecule is CCCn1nccc1NC(=O)C(=O)N1CC[C@H](C)C[C@H]1c1ccco1. The van der Waals surface area contributed by atoms with Gasteiger partial charge in [-0.25, -0.2) is 4.68 Å². The molecule has 3 heterocycles. The first-order chi connectivity index (χ1) is 12.1. The molecule has 3 rings (SSSR count). The third-order valence-corrected chi connectivity index (χ3v) is 4.58. The Labute approximate surface area is 147 Å². The summed E-state index contributed by atoms with van der Waals surface area (Å²) >= 11 is 0. The number of rotatable bonds is 4. The minimum atomic E-state index is -0.635. The Balaban J connectivity index is 1.73. The van der Waals surface area contributed by atoms with Crippen molar-refractivity contribution in [3.63, 3.8) is 0 Å². The Morgan fingerprint density at radius 2 is 2.24 bits per heavy atom. The van der Waals surface area contributed by atoms with Gasteiger partial charge in [0.2, 0.25) is 0 Å². The van der Waals surface area contributed by atoms with Gasteiger partial charge >= 0.3 is 11.8 Å². The van der Waals surface area contributed by atoms with Crippen LogP contribution < -0.4 is 5.32 Å². The first kappa shape index (κ1) is 17.3. The second-order valence-electron chi connectivity index (χ2n) is 6.55. The molecule has 2 atom stereocenters. The average molecular weight is 344 g/mol. The van der Waals surface area contributed by atoms with E-state index in [4.69, 9.17) is 4.42 Å². The van der Waals surface area contributed by atoms with Crippen LogP contribution in [0.4, 0.5) is 5.82 Å². The quantitative estimate of drug-likeness (QED) is 0.865. The van der Waals surface area contributed by atoms with Crippen LogP contribution in [0.15, 0.2) is 35.1 Å². The first-order valence-corrected chi connectivity index (χ1v) is 8.77. The van der Waals surface area contributed by atoms with Crippen molar-refractivity contribution in [1.82, 2.24) is 14.7 Å². The van der Waals surface area contributed by atoms with Gasteiger partial charge in [0.15, 0.2) is 0 Å². The summed E-state index contributed by atoms with van der Waals surface area (Å²) in [5.74, 6) is 0.582. The van der Waals surface area contributed by atoms with Crippen LogP contribution in [-0.4, -0.2) is 33.0 Å². The minimum absolute atomic E-state index is 0.197. The molecule has 2 aromatic rings. The molecule has 7 nitrogen and oxygen atoms in total. The maximum absolute atomic E-state index is 12.7. The number of hydrogen-bond acceptors (Lipinski definition) is 4. The summed E-state index contributed by atoms with van der Waals surface area (Å²) in [6.45, 7) is 5.42. The number of aromatic nitrogens is 2. The van der Waals surface area contributed by atoms with Crippen LogP contribution in [0.3, 0.4) is 0 Å². The van der Waals surface area contributed by atoms with Gasteiger partial charge in [-0.15, -0.1) is 0 Å². The number of aryl methyl sites for hydroxylation is 1. The van der Waals surface area contributed by atoms with Crippen molar-refractivity contribution in [3.8, 4) is 0 Å². The number of furan rings is 1. The van der Waals surface area contributed by atoms with E-state index >= 15 is 0 Å². The van der Waals surface area contributed by atoms with Crippen molar-refractivity contribution < 1.29 is 14.0 Å². The maximum Gasteiger partial charge on any atom is 0.315 e. The van der Waals surface area contributed by atoms with Crippen LogP contribution in [0.2, 0.25) is 0 Å². The van der Waals surface area contributed by atoms with Gasteiger partial charge in [-0.1, -0.05) is 13.8 Å². The maximum atomic E-state index is 12.7. The number of hydrogen-bond donors (Lipinski definition) is 1. The molecule has 1 N–H and O–H groups in total. The highest BCUT2D eigenvalue weighted by molar-refractivity contribution is 6.39. The van der Waals surface area contributed by atoms with Gasteiger partial charge < -0.3 is 14.6 Å². The molecular formula is C18H24N4O3. The van der Waals surface area contributed by atoms with Gasteiger partial charge in [-0.05, 0) is 37.3 Å². The molecule has 1 fully saturated rings. The molecule has 0 unspecified atom stereocenters. The van der Waals surface area contributed by atoms with Crippen LogP contribution in [0.1, 0.15) is 44.9 Å². The molecule has 1 aliphatic heterocycles. The van der Waals surface area contributed by atoms with E-state index in [1.807, 2.05) is 13.0 Å². The summed E-state index contributed by atoms with van der Waals surface area (Å²) in [7, 11) is 0. The number of anilines is 1. The highest BCUT2D eigenvalue weighted by Gasteiger charge is 2.35. The number of piperidine rings is 1. The van der Waals surface area contributed by atoms with Gasteiger partial charge in [-0.2, -0.15) is 5.10 Å². The predicted molar refractivity (Wildman–Crippen MR) is 92.7 cm³/mol. The van der Waals surface area contributed by atoms with E-state index in [0.717, 1.165) is 25.0 Å². The lowest BCUT2D eigenvalue weighted by molar-refractivity contribution is -0.146. The Hall–Kier alpha value is -2.57. The van der Waals surface area contributed by atoms with E-state index in [2.05, 4.69) is 17.3 Å². The van der Waals surface area contributed by atoms with Crippen LogP contribution in [0, 0.1) is 5.92 Å². The normalized spacial score (nSPS) is 20.5. The fourth-order valence-electron chi connectivity index (χ4n) is 3.26. The van der Waals surface area contributed by atoms with Gasteiger partial charge in [0.25, 0.3) is 0 Å². The van der Waals surface area contributed by atoms with Gasteiger partial charge in [0.05, 0.1) is 18.5 Å². The number of likely N-dealkylation sites (tertiary alicyclic amines) is 1. The molecule has 0 saturated carbocycles. The van der Waals surface area contributed by atoms with Gasteiger partial charge in [0.1, 0.15) is 11.6 Å². The molecule has 0 aliphatic carbocycles. The van der Waals surface area contributed by atoms with E-state index in [-0.39, 0.29) is 6.04 Å². The Bertz CT molecular complexity index is 723. The lowest BCUT2D eigenvalue weighted by Crippen LogP contribution is -2.45. The zero-order chi connectivity index (χ0) is 17.8. The fourth-order valence-corrected chi connectivity index (χ4v) is 3.26. The third kappa shape index (κ3) is 3.75. The van der Waals surface area contributed by atoms with E-state index in [1.165, 1.54) is 0 Å². The topological polar surface area (TPSA) is 80.4 Å². The van der Waals surface area contributed by atoms with Crippen LogP contribution >= 0.6 is 0 Å². The Morgan fingerprint density at radius 1 is 1.40 bits per heavy atom. The largest absolute Gasteiger partial charge is 0.467 e. The van der Waals surface area contributed by atoms with Crippen molar-refractivity contribution in [2.75, 3.05) is 11.9 Å². The number of nitrogens with one attached hydrogen (secondary N) is 1. The number of carbonyl (C=O) groups excluding carboxylic acids is 2. The number of amides is 2. The molecular weight excluding hydrogens is 320 g/mol. The monoisotopic (exact) mass is 344 g/mol. The van der Waals surface area contributed by atoms with E-state index in [9.17, 15) is 9.59 Å². The third-order valence-electron chi connectivity index (χ3n) is 4.58. The second-order valence-corrected chi connectivity index (χ2v) is 6.55. The lowest BCUT2D eigenvalue weighted by atomic mass is 9.91. The average Bonchev–Trinajstić information content (AvgIpc) is 3.27. The standard InChI is InChI=1S/C18H24N4O3/c1-3-9-22-16(6-8-19-22)20-17(23)18(24)21-10-7-13(2)12-14(21)15-5-4-11-25-15/h4-6,8,11,13-14H,3,7,9-10,12H2,1-2H3,(H,20,23)/t13-,14-/m0/s1. The molecule has 7 heteroatoms. The molecule has 25 heavy (non-hydrogen) atoms. The summed E-state index contributed by atoms with van der Waals surface area (Å²) < 4.78 is 7.19. The molecule has 134 valence electrons.